The van der Waals surface area contributed by atoms with Crippen LogP contribution in [0.2, 0.25) is 0 Å². The lowest BCUT2D eigenvalue weighted by molar-refractivity contribution is 0.0381. The van der Waals surface area contributed by atoms with E-state index >= 15 is 0 Å². The highest BCUT2D eigenvalue weighted by atomic mass is 16.5. The Morgan fingerprint density at radius 3 is 2.35 bits per heavy atom. The Hall–Kier alpha value is -0.860. The van der Waals surface area contributed by atoms with Crippen LogP contribution >= 0.6 is 0 Å². The normalized spacial score (nSPS) is 13.6. The minimum atomic E-state index is 0.156. The summed E-state index contributed by atoms with van der Waals surface area (Å²) in [6.07, 6.45) is 1.24. The first-order valence-corrected chi connectivity index (χ1v) is 6.34. The molecule has 0 radical (unpaired) electrons. The highest BCUT2D eigenvalue weighted by molar-refractivity contribution is 5.17. The first-order valence-electron chi connectivity index (χ1n) is 6.34. The van der Waals surface area contributed by atoms with Crippen LogP contribution in [0.1, 0.15) is 38.9 Å². The molecular formula is C15H25NO. The molecule has 0 fully saturated rings. The largest absolute Gasteiger partial charge is 0.372 e. The highest BCUT2D eigenvalue weighted by Crippen LogP contribution is 2.21. The van der Waals surface area contributed by atoms with E-state index < -0.39 is 0 Å². The quantitative estimate of drug-likeness (QED) is 0.816. The molecule has 1 unspecified atom stereocenters. The number of hydrogen-bond acceptors (Lipinski definition) is 2. The molecule has 1 N–H and O–H groups in total. The number of hydrogen-bond donors (Lipinski definition) is 1. The summed E-state index contributed by atoms with van der Waals surface area (Å²) < 4.78 is 5.98. The van der Waals surface area contributed by atoms with E-state index in [9.17, 15) is 0 Å². The number of nitrogens with one attached hydrogen (secondary N) is 1. The Balaban J connectivity index is 2.50. The van der Waals surface area contributed by atoms with E-state index in [1.807, 2.05) is 13.1 Å². The van der Waals surface area contributed by atoms with Crippen molar-refractivity contribution in [2.45, 2.75) is 33.3 Å². The van der Waals surface area contributed by atoms with Crippen molar-refractivity contribution in [3.05, 3.63) is 35.9 Å². The molecule has 1 aromatic carbocycles. The Labute approximate surface area is 105 Å². The predicted octanol–water partition coefficient (Wildman–Crippen LogP) is 3.40. The summed E-state index contributed by atoms with van der Waals surface area (Å²) >= 11 is 0. The van der Waals surface area contributed by atoms with E-state index in [-0.39, 0.29) is 6.10 Å². The molecule has 2 nitrogen and oxygen atoms in total. The topological polar surface area (TPSA) is 21.3 Å². The molecule has 0 aliphatic carbocycles. The van der Waals surface area contributed by atoms with Crippen molar-refractivity contribution in [1.82, 2.24) is 5.32 Å². The van der Waals surface area contributed by atoms with Crippen molar-refractivity contribution in [3.8, 4) is 0 Å². The first-order chi connectivity index (χ1) is 8.03. The maximum absolute atomic E-state index is 5.98. The predicted molar refractivity (Wildman–Crippen MR) is 73.1 cm³/mol. The minimum Gasteiger partial charge on any atom is -0.372 e. The fourth-order valence-electron chi connectivity index (χ4n) is 1.63. The van der Waals surface area contributed by atoms with Gasteiger partial charge >= 0.3 is 0 Å². The van der Waals surface area contributed by atoms with Crippen LogP contribution in [-0.4, -0.2) is 20.2 Å². The van der Waals surface area contributed by atoms with Gasteiger partial charge in [-0.25, -0.2) is 0 Å². The van der Waals surface area contributed by atoms with Crippen LogP contribution in [0.4, 0.5) is 0 Å². The number of ether oxygens (including phenoxy) is 1. The zero-order valence-electron chi connectivity index (χ0n) is 11.5. The van der Waals surface area contributed by atoms with E-state index in [1.54, 1.807) is 0 Å². The summed E-state index contributed by atoms with van der Waals surface area (Å²) in [5.74, 6) is 0. The fraction of sp³-hybridized carbons (Fsp3) is 0.600. The second-order valence-corrected chi connectivity index (χ2v) is 5.64. The van der Waals surface area contributed by atoms with Crippen molar-refractivity contribution >= 4 is 0 Å². The summed E-state index contributed by atoms with van der Waals surface area (Å²) in [7, 11) is 1.96. The number of benzene rings is 1. The van der Waals surface area contributed by atoms with Crippen LogP contribution in [0.5, 0.6) is 0 Å². The molecule has 1 rings (SSSR count). The molecule has 1 atom stereocenters. The fourth-order valence-corrected chi connectivity index (χ4v) is 1.63. The summed E-state index contributed by atoms with van der Waals surface area (Å²) in [5, 5.41) is 3.19. The molecule has 0 saturated heterocycles. The van der Waals surface area contributed by atoms with Crippen LogP contribution in [-0.2, 0) is 4.74 Å². The van der Waals surface area contributed by atoms with Crippen molar-refractivity contribution in [3.63, 3.8) is 0 Å². The third-order valence-corrected chi connectivity index (χ3v) is 2.73. The van der Waals surface area contributed by atoms with E-state index in [0.717, 1.165) is 19.6 Å². The van der Waals surface area contributed by atoms with Gasteiger partial charge in [-0.2, -0.15) is 0 Å². The van der Waals surface area contributed by atoms with Crippen LogP contribution in [0.25, 0.3) is 0 Å². The van der Waals surface area contributed by atoms with Gasteiger partial charge in [0.15, 0.2) is 0 Å². The summed E-state index contributed by atoms with van der Waals surface area (Å²) in [6.45, 7) is 8.39. The molecule has 0 heterocycles. The molecule has 0 bridgehead atoms. The molecule has 0 amide bonds. The summed E-state index contributed by atoms with van der Waals surface area (Å²) in [6, 6.07) is 10.4. The molecule has 1 aromatic rings. The van der Waals surface area contributed by atoms with E-state index in [1.165, 1.54) is 5.56 Å². The summed E-state index contributed by atoms with van der Waals surface area (Å²) in [4.78, 5) is 0. The molecule has 0 aliphatic heterocycles. The third-order valence-electron chi connectivity index (χ3n) is 2.73. The van der Waals surface area contributed by atoms with E-state index in [2.05, 4.69) is 50.4 Å². The molecule has 2 heteroatoms. The van der Waals surface area contributed by atoms with Crippen LogP contribution in [0.3, 0.4) is 0 Å². The molecule has 0 aromatic heterocycles. The van der Waals surface area contributed by atoms with E-state index in [4.69, 9.17) is 4.74 Å². The summed E-state index contributed by atoms with van der Waals surface area (Å²) in [5.41, 5.74) is 1.58. The third kappa shape index (κ3) is 5.85. The average Bonchev–Trinajstić information content (AvgIpc) is 2.27. The van der Waals surface area contributed by atoms with Crippen molar-refractivity contribution in [2.75, 3.05) is 20.2 Å². The highest BCUT2D eigenvalue weighted by Gasteiger charge is 2.14. The zero-order chi connectivity index (χ0) is 12.7. The maximum atomic E-state index is 5.98. The van der Waals surface area contributed by atoms with Crippen molar-refractivity contribution in [1.29, 1.82) is 0 Å². The molecule has 0 aliphatic rings. The van der Waals surface area contributed by atoms with Gasteiger partial charge in [-0.3, -0.25) is 0 Å². The van der Waals surface area contributed by atoms with Gasteiger partial charge in [0.25, 0.3) is 0 Å². The monoisotopic (exact) mass is 235 g/mol. The Morgan fingerprint density at radius 2 is 1.82 bits per heavy atom. The SMILES string of the molecule is CNCC(OCCC(C)(C)C)c1ccccc1. The molecule has 96 valence electrons. The van der Waals surface area contributed by atoms with Crippen LogP contribution in [0, 0.1) is 5.41 Å². The van der Waals surface area contributed by atoms with Gasteiger partial charge in [0, 0.05) is 13.2 Å². The standard InChI is InChI=1S/C15H25NO/c1-15(2,3)10-11-17-14(12-16-4)13-8-6-5-7-9-13/h5-9,14,16H,10-12H2,1-4H3. The van der Waals surface area contributed by atoms with Gasteiger partial charge in [-0.1, -0.05) is 51.1 Å². The zero-order valence-corrected chi connectivity index (χ0v) is 11.5. The van der Waals surface area contributed by atoms with E-state index in [0.29, 0.717) is 5.41 Å². The van der Waals surface area contributed by atoms with Gasteiger partial charge in [0.2, 0.25) is 0 Å². The van der Waals surface area contributed by atoms with Crippen molar-refractivity contribution in [2.24, 2.45) is 5.41 Å². The van der Waals surface area contributed by atoms with Gasteiger partial charge in [0.1, 0.15) is 0 Å². The number of likely N-dealkylation sites (N-methyl/N-ethyl adjacent to an activating group) is 1. The van der Waals surface area contributed by atoms with Gasteiger partial charge in [0.05, 0.1) is 6.10 Å². The van der Waals surface area contributed by atoms with Gasteiger partial charge < -0.3 is 10.1 Å². The minimum absolute atomic E-state index is 0.156. The van der Waals surface area contributed by atoms with Crippen LogP contribution in [0.15, 0.2) is 30.3 Å². The lowest BCUT2D eigenvalue weighted by Crippen LogP contribution is -2.21. The smallest absolute Gasteiger partial charge is 0.0949 e. The molecule has 0 saturated carbocycles. The Bertz CT molecular complexity index is 302. The van der Waals surface area contributed by atoms with Gasteiger partial charge in [-0.05, 0) is 24.4 Å². The Morgan fingerprint density at radius 1 is 1.18 bits per heavy atom. The first kappa shape index (κ1) is 14.2. The molecule has 0 spiro atoms. The molecular weight excluding hydrogens is 210 g/mol. The van der Waals surface area contributed by atoms with Crippen molar-refractivity contribution < 1.29 is 4.74 Å². The lowest BCUT2D eigenvalue weighted by atomic mass is 9.93. The second kappa shape index (κ2) is 6.77. The Kier molecular flexibility index (Phi) is 5.66. The molecule has 17 heavy (non-hydrogen) atoms. The number of rotatable bonds is 6. The van der Waals surface area contributed by atoms with Crippen LogP contribution < -0.4 is 5.32 Å². The lowest BCUT2D eigenvalue weighted by Gasteiger charge is -2.22. The average molecular weight is 235 g/mol. The maximum Gasteiger partial charge on any atom is 0.0949 e. The second-order valence-electron chi connectivity index (χ2n) is 5.64. The van der Waals surface area contributed by atoms with Gasteiger partial charge in [-0.15, -0.1) is 0 Å².